The topological polar surface area (TPSA) is 297 Å². The molecule has 19 nitrogen and oxygen atoms in total. The number of Topliss-reactive ketones (excluding diaryl/α,β-unsaturated/α-hetero) is 3. The molecule has 2 heterocycles. The van der Waals surface area contributed by atoms with Crippen LogP contribution in [0.25, 0.3) is 0 Å². The highest BCUT2D eigenvalue weighted by molar-refractivity contribution is 6.39. The van der Waals surface area contributed by atoms with Crippen molar-refractivity contribution >= 4 is 29.2 Å². The summed E-state index contributed by atoms with van der Waals surface area (Å²) in [6, 6.07) is -1.25. The van der Waals surface area contributed by atoms with Crippen molar-refractivity contribution in [3.8, 4) is 0 Å². The third-order valence-corrected chi connectivity index (χ3v) is 15.9. The Balaban J connectivity index is 1.86. The third-order valence-electron chi connectivity index (χ3n) is 15.9. The number of rotatable bonds is 31. The Morgan fingerprint density at radius 3 is 2.18 bits per heavy atom. The van der Waals surface area contributed by atoms with Crippen molar-refractivity contribution in [1.82, 2.24) is 4.90 Å². The smallest absolute Gasteiger partial charge is 0.329 e. The zero-order chi connectivity index (χ0) is 57.2. The number of allylic oxidation sites excluding steroid dienone is 5. The Labute approximate surface area is 450 Å². The second-order valence-electron chi connectivity index (χ2n) is 22.0. The van der Waals surface area contributed by atoms with Gasteiger partial charge in [-0.3, -0.25) is 19.2 Å². The van der Waals surface area contributed by atoms with E-state index in [1.165, 1.54) is 20.3 Å². The molecule has 434 valence electrons. The van der Waals surface area contributed by atoms with E-state index in [4.69, 9.17) is 28.8 Å². The van der Waals surface area contributed by atoms with Crippen LogP contribution in [-0.4, -0.2) is 188 Å². The highest BCUT2D eigenvalue weighted by Crippen LogP contribution is 2.38. The normalized spacial score (nSPS) is 28.7. The highest BCUT2D eigenvalue weighted by Gasteiger charge is 2.53. The van der Waals surface area contributed by atoms with Crippen molar-refractivity contribution in [2.24, 2.45) is 35.5 Å². The summed E-state index contributed by atoms with van der Waals surface area (Å²) in [7, 11) is 2.89. The summed E-state index contributed by atoms with van der Waals surface area (Å²) in [5.41, 5.74) is 0.937. The Morgan fingerprint density at radius 2 is 1.57 bits per heavy atom. The zero-order valence-corrected chi connectivity index (χ0v) is 46.7. The lowest BCUT2D eigenvalue weighted by Gasteiger charge is -2.43. The van der Waals surface area contributed by atoms with Crippen molar-refractivity contribution in [3.05, 3.63) is 48.1 Å². The number of aliphatic hydroxyl groups excluding tert-OH is 7. The zero-order valence-electron chi connectivity index (χ0n) is 46.7. The number of ketones is 3. The summed E-state index contributed by atoms with van der Waals surface area (Å²) in [6.07, 6.45) is -0.624. The van der Waals surface area contributed by atoms with Gasteiger partial charge in [-0.1, -0.05) is 71.6 Å². The average molecular weight is 1080 g/mol. The van der Waals surface area contributed by atoms with Crippen LogP contribution in [-0.2, 0) is 47.7 Å². The van der Waals surface area contributed by atoms with Gasteiger partial charge in [-0.25, -0.2) is 4.79 Å². The average Bonchev–Trinajstić information content (AvgIpc) is 3.39. The number of amides is 1. The number of nitrogens with zero attached hydrogens (tertiary/aromatic N) is 1. The van der Waals surface area contributed by atoms with E-state index in [2.05, 4.69) is 6.58 Å². The van der Waals surface area contributed by atoms with Crippen LogP contribution in [0.3, 0.4) is 0 Å². The molecule has 1 amide bonds. The first-order valence-electron chi connectivity index (χ1n) is 27.3. The minimum absolute atomic E-state index is 0.000225. The van der Waals surface area contributed by atoms with E-state index in [1.807, 2.05) is 32.9 Å². The Morgan fingerprint density at radius 1 is 0.895 bits per heavy atom. The maximum atomic E-state index is 14.5. The number of piperidine rings is 1. The van der Waals surface area contributed by atoms with Crippen molar-refractivity contribution < 1.29 is 88.5 Å². The van der Waals surface area contributed by atoms with E-state index in [0.717, 1.165) is 4.90 Å². The molecular weight excluding hydrogens is 987 g/mol. The van der Waals surface area contributed by atoms with Crippen LogP contribution in [0, 0.1) is 35.5 Å². The molecule has 3 fully saturated rings. The number of carbonyl (C=O) groups excluding carboxylic acids is 5. The summed E-state index contributed by atoms with van der Waals surface area (Å²) in [6.45, 7) is 16.4. The molecule has 3 rings (SSSR count). The first-order chi connectivity index (χ1) is 35.8. The van der Waals surface area contributed by atoms with E-state index >= 15 is 0 Å². The molecule has 2 saturated heterocycles. The van der Waals surface area contributed by atoms with Gasteiger partial charge in [0, 0.05) is 51.4 Å². The lowest BCUT2D eigenvalue weighted by Crippen LogP contribution is -2.61. The lowest BCUT2D eigenvalue weighted by molar-refractivity contribution is -0.266. The molecule has 1 aliphatic carbocycles. The molecule has 0 spiro atoms. The lowest BCUT2D eigenvalue weighted by atomic mass is 9.78. The minimum atomic E-state index is -2.63. The van der Waals surface area contributed by atoms with Crippen LogP contribution in [0.4, 0.5) is 0 Å². The fourth-order valence-electron chi connectivity index (χ4n) is 10.9. The summed E-state index contributed by atoms with van der Waals surface area (Å²) < 4.78 is 29.4. The molecule has 1 saturated carbocycles. The molecule has 0 aromatic heterocycles. The largest absolute Gasteiger partial charge is 0.460 e. The van der Waals surface area contributed by atoms with Crippen molar-refractivity contribution in [2.45, 2.75) is 211 Å². The summed E-state index contributed by atoms with van der Waals surface area (Å²) >= 11 is 0. The quantitative estimate of drug-likeness (QED) is 0.0213. The molecule has 8 N–H and O–H groups in total. The van der Waals surface area contributed by atoms with E-state index in [0.29, 0.717) is 62.5 Å². The van der Waals surface area contributed by atoms with E-state index in [9.17, 15) is 59.7 Å². The monoisotopic (exact) mass is 1080 g/mol. The van der Waals surface area contributed by atoms with Gasteiger partial charge < -0.3 is 69.4 Å². The van der Waals surface area contributed by atoms with Crippen LogP contribution < -0.4 is 0 Å². The first kappa shape index (κ1) is 66.7. The molecule has 2 aliphatic heterocycles. The third kappa shape index (κ3) is 18.5. The molecule has 0 aromatic carbocycles. The second kappa shape index (κ2) is 31.9. The van der Waals surface area contributed by atoms with Crippen molar-refractivity contribution in [2.75, 3.05) is 34.0 Å². The van der Waals surface area contributed by atoms with E-state index in [1.54, 1.807) is 46.8 Å². The molecule has 76 heavy (non-hydrogen) atoms. The van der Waals surface area contributed by atoms with Gasteiger partial charge in [-0.2, -0.15) is 0 Å². The van der Waals surface area contributed by atoms with Crippen LogP contribution in [0.15, 0.2) is 48.1 Å². The van der Waals surface area contributed by atoms with Crippen LogP contribution in [0.1, 0.15) is 132 Å². The fourth-order valence-corrected chi connectivity index (χ4v) is 10.9. The van der Waals surface area contributed by atoms with Gasteiger partial charge in [-0.05, 0) is 114 Å². The summed E-state index contributed by atoms with van der Waals surface area (Å²) in [4.78, 5) is 72.0. The maximum absolute atomic E-state index is 14.5. The second-order valence-corrected chi connectivity index (χ2v) is 22.0. The molecule has 0 radical (unpaired) electrons. The maximum Gasteiger partial charge on any atom is 0.329 e. The number of likely N-dealkylation sites (tertiary alicyclic amines) is 1. The summed E-state index contributed by atoms with van der Waals surface area (Å²) in [5.74, 6) is -8.76. The number of hydrogen-bond donors (Lipinski definition) is 8. The molecule has 19 heteroatoms. The standard InChI is InChI=1S/C57H93NO18/c1-12-16-32(3)24-36(7)49(64)53(73-11)50(65)37(8)25-34(5)43(61)29-47(35(6)26-39-20-22-42(60)48(27-39)72-10)75-56(70)41-18-14-15-23-58(41)55(69)54(68)57(71)38(9)19-21-40(76-57)28-46(33(4)17-13-2)74-31-45(63)52(67)51(66)44(62)30-59/h12-13,16-17,25,32,34-36,38-42,44-48,50-53,59-60,62-63,65-67,71H,2,14-15,18-24,26-31H2,1,3-11H3/b16-12+,33-17+,37-25+/t32-,34-,35-,36-,38-,39+,40+,41+,42-,44-,45-,46?,47+,48-,50-,51-,52-,53+,57-/m1/s1. The van der Waals surface area contributed by atoms with Gasteiger partial charge in [0.15, 0.2) is 5.78 Å². The Bertz CT molecular complexity index is 1970. The van der Waals surface area contributed by atoms with Gasteiger partial charge >= 0.3 is 5.97 Å². The summed E-state index contributed by atoms with van der Waals surface area (Å²) in [5, 5.41) is 83.9. The predicted octanol–water partition coefficient (Wildman–Crippen LogP) is 3.62. The van der Waals surface area contributed by atoms with Crippen LogP contribution in [0.5, 0.6) is 0 Å². The number of carbonyl (C=O) groups is 5. The van der Waals surface area contributed by atoms with Crippen LogP contribution in [0.2, 0.25) is 0 Å². The van der Waals surface area contributed by atoms with Crippen LogP contribution >= 0.6 is 0 Å². The van der Waals surface area contributed by atoms with Crippen molar-refractivity contribution in [1.29, 1.82) is 0 Å². The van der Waals surface area contributed by atoms with E-state index in [-0.39, 0.29) is 55.6 Å². The SMILES string of the molecule is C=C/C=C(\C)C(C[C@@H]1CC[C@@H](C)[C@](O)(C(=O)C(=O)N2CCCC[C@H]2C(=O)O[C@@H](CC(=O)[C@H](C)/C=C(\C)[C@@H](O)[C@@H](OC)C(=O)[C@H](C)C[C@H](C)/C=C/C)[C@H](C)C[C@@H]2CC[C@@H](O)[C@H](OC)C2)O1)OC[C@@H](O)[C@@H](O)[C@H](O)[C@H](O)CO. The Hall–Kier alpha value is -3.57. The number of aliphatic hydroxyl groups is 8. The minimum Gasteiger partial charge on any atom is -0.460 e. The molecule has 3 aliphatic rings. The molecule has 0 bridgehead atoms. The van der Waals surface area contributed by atoms with E-state index < -0.39 is 134 Å². The predicted molar refractivity (Wildman–Crippen MR) is 282 cm³/mol. The number of methoxy groups -OCH3 is 2. The molecule has 19 atom stereocenters. The van der Waals surface area contributed by atoms with Gasteiger partial charge in [0.2, 0.25) is 5.79 Å². The number of esters is 1. The molecule has 0 aromatic rings. The van der Waals surface area contributed by atoms with Gasteiger partial charge in [0.05, 0.1) is 37.6 Å². The molecular formula is C57H93NO18. The van der Waals surface area contributed by atoms with Gasteiger partial charge in [-0.15, -0.1) is 0 Å². The van der Waals surface area contributed by atoms with Gasteiger partial charge in [0.1, 0.15) is 54.6 Å². The van der Waals surface area contributed by atoms with Gasteiger partial charge in [0.25, 0.3) is 11.7 Å². The first-order valence-corrected chi connectivity index (χ1v) is 27.3. The fraction of sp³-hybridized carbons (Fsp3) is 0.772. The van der Waals surface area contributed by atoms with Crippen molar-refractivity contribution in [3.63, 3.8) is 0 Å². The Kier molecular flexibility index (Phi) is 28.0. The molecule has 1 unspecified atom stereocenters. The number of hydrogen-bond acceptors (Lipinski definition) is 18. The highest BCUT2D eigenvalue weighted by atomic mass is 16.6. The number of ether oxygens (including phenoxy) is 5.